The predicted octanol–water partition coefficient (Wildman–Crippen LogP) is 9.53. The molecule has 0 N–H and O–H groups in total. The molecule has 4 nitrogen and oxygen atoms in total. The Kier molecular flexibility index (Phi) is 18.8. The molecule has 0 heterocycles. The van der Waals surface area contributed by atoms with Crippen LogP contribution in [0, 0.1) is 11.8 Å². The van der Waals surface area contributed by atoms with Crippen LogP contribution in [-0.2, 0) is 30.8 Å². The van der Waals surface area contributed by atoms with Crippen molar-refractivity contribution < 1.29 is 30.8 Å². The number of rotatable bonds is 22. The molecule has 0 aliphatic heterocycles. The van der Waals surface area contributed by atoms with Gasteiger partial charge in [-0.25, -0.2) is 0 Å². The maximum absolute atomic E-state index is 7.44. The minimum absolute atomic E-state index is 0.434. The SMILES string of the molecule is CCC[Si](CCC)(CCC)[O][Ti]([O]CC(C)C)([O]CC(C)C)[O][Si](CCC)(CCC)CCC. The molecule has 0 aromatic carbocycles. The fraction of sp³-hybridized carbons (Fsp3) is 1.00. The summed E-state index contributed by atoms with van der Waals surface area (Å²) in [7, 11) is -4.03. The second-order valence-electron chi connectivity index (χ2n) is 11.0. The minimum atomic E-state index is -3.97. The number of hydrogen-bond acceptors (Lipinski definition) is 4. The molecule has 0 saturated heterocycles. The van der Waals surface area contributed by atoms with Crippen molar-refractivity contribution in [3.05, 3.63) is 0 Å². The van der Waals surface area contributed by atoms with Gasteiger partial charge in [-0.05, 0) is 0 Å². The van der Waals surface area contributed by atoms with Gasteiger partial charge in [0.05, 0.1) is 0 Å². The third-order valence-electron chi connectivity index (χ3n) is 6.10. The first-order valence-electron chi connectivity index (χ1n) is 14.3. The molecule has 0 rings (SSSR count). The van der Waals surface area contributed by atoms with Crippen LogP contribution in [0.2, 0.25) is 36.3 Å². The van der Waals surface area contributed by atoms with Gasteiger partial charge >= 0.3 is 217 Å². The Labute approximate surface area is 215 Å². The Balaban J connectivity index is 6.55. The summed E-state index contributed by atoms with van der Waals surface area (Å²) >= 11 is -3.97. The molecule has 7 heteroatoms. The average Bonchev–Trinajstić information content (AvgIpc) is 2.72. The molecular formula is C26H60O4Si2Ti. The third kappa shape index (κ3) is 13.2. The maximum atomic E-state index is 7.44. The number of hydrogen-bond donors (Lipinski definition) is 0. The molecule has 0 aliphatic rings. The van der Waals surface area contributed by atoms with Gasteiger partial charge in [0.2, 0.25) is 0 Å². The normalized spacial score (nSPS) is 13.5. The van der Waals surface area contributed by atoms with Gasteiger partial charge in [0.15, 0.2) is 0 Å². The molecule has 0 aromatic heterocycles. The monoisotopic (exact) mass is 540 g/mol. The molecule has 0 unspecified atom stereocenters. The third-order valence-corrected chi connectivity index (χ3v) is 24.0. The van der Waals surface area contributed by atoms with E-state index in [0.29, 0.717) is 25.0 Å². The standard InChI is InChI=1S/2C9H21OSi.2C4H9O.Ti/c2*1-4-7-11(10,8-5-2)9-6-3;2*1-4(2)3-5;/h2*4-9H2,1-3H3;2*4H,3H2,1-2H3;/q4*-1;+4. The van der Waals surface area contributed by atoms with Crippen LogP contribution in [-0.4, -0.2) is 29.8 Å². The van der Waals surface area contributed by atoms with Gasteiger partial charge < -0.3 is 0 Å². The van der Waals surface area contributed by atoms with Gasteiger partial charge in [0.1, 0.15) is 0 Å². The van der Waals surface area contributed by atoms with E-state index >= 15 is 0 Å². The van der Waals surface area contributed by atoms with Crippen LogP contribution in [0.3, 0.4) is 0 Å². The summed E-state index contributed by atoms with van der Waals surface area (Å²) in [6, 6.07) is 7.11. The summed E-state index contributed by atoms with van der Waals surface area (Å²) in [5.74, 6) is 0.869. The van der Waals surface area contributed by atoms with Crippen LogP contribution in [0.25, 0.3) is 0 Å². The predicted molar refractivity (Wildman–Crippen MR) is 146 cm³/mol. The van der Waals surface area contributed by atoms with E-state index in [4.69, 9.17) is 12.7 Å². The van der Waals surface area contributed by atoms with E-state index in [1.165, 1.54) is 74.8 Å². The van der Waals surface area contributed by atoms with Crippen LogP contribution in [0.4, 0.5) is 0 Å². The zero-order valence-corrected chi connectivity index (χ0v) is 27.7. The first-order valence-corrected chi connectivity index (χ1v) is 21.9. The van der Waals surface area contributed by atoms with Crippen LogP contribution >= 0.6 is 0 Å². The Morgan fingerprint density at radius 3 is 0.909 bits per heavy atom. The summed E-state index contributed by atoms with van der Waals surface area (Å²) in [4.78, 5) is 0. The molecule has 0 spiro atoms. The molecule has 0 amide bonds. The van der Waals surface area contributed by atoms with E-state index in [0.717, 1.165) is 0 Å². The summed E-state index contributed by atoms with van der Waals surface area (Å²) in [6.07, 6.45) is 7.00. The second-order valence-corrected chi connectivity index (χ2v) is 23.5. The zero-order valence-electron chi connectivity index (χ0n) is 24.2. The Morgan fingerprint density at radius 1 is 0.485 bits per heavy atom. The van der Waals surface area contributed by atoms with Crippen LogP contribution in [0.5, 0.6) is 0 Å². The Bertz CT molecular complexity index is 401. The van der Waals surface area contributed by atoms with Crippen molar-refractivity contribution in [3.63, 3.8) is 0 Å². The van der Waals surface area contributed by atoms with Crippen molar-refractivity contribution in [1.29, 1.82) is 0 Å². The van der Waals surface area contributed by atoms with Crippen LogP contribution in [0.1, 0.15) is 108 Å². The van der Waals surface area contributed by atoms with E-state index in [2.05, 4.69) is 69.2 Å². The Morgan fingerprint density at radius 2 is 0.727 bits per heavy atom. The second kappa shape index (κ2) is 18.3. The van der Waals surface area contributed by atoms with Crippen molar-refractivity contribution in [2.24, 2.45) is 11.8 Å². The quantitative estimate of drug-likeness (QED) is 0.128. The summed E-state index contributed by atoms with van der Waals surface area (Å²) in [5.41, 5.74) is 0. The molecule has 0 saturated carbocycles. The average molecular weight is 541 g/mol. The molecule has 200 valence electrons. The molecule has 0 atom stereocenters. The van der Waals surface area contributed by atoms with Crippen molar-refractivity contribution in [2.45, 2.75) is 144 Å². The van der Waals surface area contributed by atoms with Crippen molar-refractivity contribution >= 4 is 16.6 Å². The van der Waals surface area contributed by atoms with Crippen molar-refractivity contribution in [1.82, 2.24) is 0 Å². The zero-order chi connectivity index (χ0) is 25.4. The molecule has 0 fully saturated rings. The Hall–Kier alpha value is 0.988. The van der Waals surface area contributed by atoms with Gasteiger partial charge in [-0.1, -0.05) is 0 Å². The molecule has 0 bridgehead atoms. The van der Waals surface area contributed by atoms with Gasteiger partial charge in [-0.3, -0.25) is 0 Å². The first-order chi connectivity index (χ1) is 15.6. The fourth-order valence-corrected chi connectivity index (χ4v) is 25.4. The van der Waals surface area contributed by atoms with Gasteiger partial charge in [-0.2, -0.15) is 0 Å². The van der Waals surface area contributed by atoms with E-state index < -0.39 is 34.8 Å². The fourth-order valence-electron chi connectivity index (χ4n) is 5.04. The summed E-state index contributed by atoms with van der Waals surface area (Å²) in [6.45, 7) is 24.1. The van der Waals surface area contributed by atoms with E-state index in [1.54, 1.807) is 0 Å². The molecule has 0 radical (unpaired) electrons. The van der Waals surface area contributed by atoms with E-state index in [9.17, 15) is 0 Å². The van der Waals surface area contributed by atoms with Crippen molar-refractivity contribution in [2.75, 3.05) is 13.2 Å². The topological polar surface area (TPSA) is 36.9 Å². The van der Waals surface area contributed by atoms with Gasteiger partial charge in [0, 0.05) is 0 Å². The summed E-state index contributed by atoms with van der Waals surface area (Å²) in [5, 5.41) is 0. The molecular weight excluding hydrogens is 480 g/mol. The first kappa shape index (κ1) is 34.0. The summed E-state index contributed by atoms with van der Waals surface area (Å²) < 4.78 is 28.5. The molecule has 0 aromatic rings. The van der Waals surface area contributed by atoms with E-state index in [-0.39, 0.29) is 0 Å². The molecule has 33 heavy (non-hydrogen) atoms. The van der Waals surface area contributed by atoms with Gasteiger partial charge in [-0.15, -0.1) is 0 Å². The van der Waals surface area contributed by atoms with E-state index in [1.807, 2.05) is 0 Å². The molecule has 0 aliphatic carbocycles. The van der Waals surface area contributed by atoms with Crippen molar-refractivity contribution in [3.8, 4) is 0 Å². The van der Waals surface area contributed by atoms with Crippen LogP contribution < -0.4 is 0 Å². The van der Waals surface area contributed by atoms with Crippen LogP contribution in [0.15, 0.2) is 0 Å². The van der Waals surface area contributed by atoms with Gasteiger partial charge in [0.25, 0.3) is 0 Å².